The Labute approximate surface area is 161 Å². The molecule has 0 spiro atoms. The van der Waals surface area contributed by atoms with Crippen LogP contribution in [0.1, 0.15) is 38.3 Å². The van der Waals surface area contributed by atoms with Crippen LogP contribution in [0.25, 0.3) is 0 Å². The number of nitrogens with zero attached hydrogens (tertiary/aromatic N) is 2. The van der Waals surface area contributed by atoms with E-state index in [4.69, 9.17) is 9.47 Å². The van der Waals surface area contributed by atoms with E-state index in [0.717, 1.165) is 4.90 Å². The topological polar surface area (TPSA) is 96.4 Å². The molecule has 0 aromatic heterocycles. The molecule has 1 N–H and O–H groups in total. The Kier molecular flexibility index (Phi) is 5.18. The third-order valence-corrected chi connectivity index (χ3v) is 4.63. The Morgan fingerprint density at radius 1 is 1.18 bits per heavy atom. The lowest BCUT2D eigenvalue weighted by molar-refractivity contribution is -0.142. The van der Waals surface area contributed by atoms with E-state index in [1.807, 2.05) is 0 Å². The van der Waals surface area contributed by atoms with E-state index in [0.29, 0.717) is 11.1 Å². The van der Waals surface area contributed by atoms with E-state index < -0.39 is 35.9 Å². The zero-order valence-electron chi connectivity index (χ0n) is 16.0. The number of carbonyl (C=O) groups is 3. The van der Waals surface area contributed by atoms with Crippen LogP contribution in [0.2, 0.25) is 0 Å². The maximum Gasteiger partial charge on any atom is 0.411 e. The van der Waals surface area contributed by atoms with Gasteiger partial charge in [0.2, 0.25) is 0 Å². The summed E-state index contributed by atoms with van der Waals surface area (Å²) in [5.74, 6) is -1.57. The quantitative estimate of drug-likeness (QED) is 0.829. The van der Waals surface area contributed by atoms with E-state index in [2.05, 4.69) is 0 Å². The van der Waals surface area contributed by atoms with Gasteiger partial charge in [0.1, 0.15) is 23.6 Å². The third kappa shape index (κ3) is 4.18. The first kappa shape index (κ1) is 19.9. The van der Waals surface area contributed by atoms with Gasteiger partial charge < -0.3 is 14.6 Å². The first-order valence-electron chi connectivity index (χ1n) is 8.99. The number of fused-ring (bicyclic) bond motifs is 1. The number of hydrogen-bond acceptors (Lipinski definition) is 5. The summed E-state index contributed by atoms with van der Waals surface area (Å²) >= 11 is 0. The van der Waals surface area contributed by atoms with Gasteiger partial charge in [0.25, 0.3) is 0 Å². The molecule has 0 saturated carbocycles. The largest absolute Gasteiger partial charge is 0.480 e. The van der Waals surface area contributed by atoms with Gasteiger partial charge in [-0.15, -0.1) is 0 Å². The molecule has 0 aliphatic carbocycles. The summed E-state index contributed by atoms with van der Waals surface area (Å²) in [7, 11) is 0. The minimum Gasteiger partial charge on any atom is -0.480 e. The van der Waals surface area contributed by atoms with E-state index >= 15 is 0 Å². The Morgan fingerprint density at radius 3 is 2.50 bits per heavy atom. The predicted molar refractivity (Wildman–Crippen MR) is 94.9 cm³/mol. The Morgan fingerprint density at radius 2 is 1.89 bits per heavy atom. The highest BCUT2D eigenvalue weighted by atomic mass is 19.1. The molecule has 9 heteroatoms. The summed E-state index contributed by atoms with van der Waals surface area (Å²) in [4.78, 5) is 38.7. The van der Waals surface area contributed by atoms with Crippen molar-refractivity contribution in [3.05, 3.63) is 35.1 Å². The molecule has 8 nitrogen and oxygen atoms in total. The van der Waals surface area contributed by atoms with Crippen molar-refractivity contribution in [1.82, 2.24) is 9.80 Å². The summed E-state index contributed by atoms with van der Waals surface area (Å²) in [5.41, 5.74) is 0.382. The van der Waals surface area contributed by atoms with Gasteiger partial charge in [0.05, 0.1) is 13.1 Å². The van der Waals surface area contributed by atoms with Crippen LogP contribution >= 0.6 is 0 Å². The number of carboxylic acid groups (broad SMARTS) is 1. The second kappa shape index (κ2) is 7.29. The maximum absolute atomic E-state index is 13.8. The fraction of sp³-hybridized carbons (Fsp3) is 0.526. The standard InChI is InChI=1S/C19H23FN2O6/c1-19(2,3)28-18(26)22-9-12(7-15(22)16(23)24)27-17(25)21-8-11-5-4-6-14(20)13(11)10-21/h4-6,12,15H,7-10H2,1-3H3,(H,23,24)/t12-,15?/m1/s1. The highest BCUT2D eigenvalue weighted by Gasteiger charge is 2.44. The zero-order chi connectivity index (χ0) is 20.6. The summed E-state index contributed by atoms with van der Waals surface area (Å²) in [6.07, 6.45) is -2.25. The maximum atomic E-state index is 13.8. The molecule has 2 amide bonds. The molecule has 2 aliphatic rings. The molecule has 1 saturated heterocycles. The molecule has 2 aliphatic heterocycles. The van der Waals surface area contributed by atoms with Gasteiger partial charge in [-0.1, -0.05) is 12.1 Å². The van der Waals surface area contributed by atoms with Crippen LogP contribution in [0.5, 0.6) is 0 Å². The molecule has 1 aromatic carbocycles. The van der Waals surface area contributed by atoms with Crippen LogP contribution in [0.15, 0.2) is 18.2 Å². The average Bonchev–Trinajstić information content (AvgIpc) is 3.18. The van der Waals surface area contributed by atoms with E-state index in [9.17, 15) is 23.9 Å². The van der Waals surface area contributed by atoms with Crippen molar-refractivity contribution in [2.45, 2.75) is 58.0 Å². The van der Waals surface area contributed by atoms with Crippen molar-refractivity contribution in [1.29, 1.82) is 0 Å². The van der Waals surface area contributed by atoms with Crippen LogP contribution < -0.4 is 0 Å². The van der Waals surface area contributed by atoms with Crippen molar-refractivity contribution in [2.24, 2.45) is 0 Å². The number of benzene rings is 1. The molecule has 0 radical (unpaired) electrons. The number of carboxylic acids is 1. The molecule has 28 heavy (non-hydrogen) atoms. The minimum atomic E-state index is -1.19. The first-order chi connectivity index (χ1) is 13.0. The summed E-state index contributed by atoms with van der Waals surface area (Å²) in [5, 5.41) is 9.40. The van der Waals surface area contributed by atoms with E-state index in [1.165, 1.54) is 11.0 Å². The van der Waals surface area contributed by atoms with Crippen molar-refractivity contribution in [3.8, 4) is 0 Å². The second-order valence-corrected chi connectivity index (χ2v) is 7.96. The van der Waals surface area contributed by atoms with Gasteiger partial charge in [-0.05, 0) is 32.4 Å². The Balaban J connectivity index is 1.63. The number of halogens is 1. The number of ether oxygens (including phenoxy) is 2. The van der Waals surface area contributed by atoms with Gasteiger partial charge in [-0.2, -0.15) is 0 Å². The molecule has 3 rings (SSSR count). The minimum absolute atomic E-state index is 0.0323. The molecule has 1 unspecified atom stereocenters. The van der Waals surface area contributed by atoms with Crippen LogP contribution in [0, 0.1) is 5.82 Å². The molecule has 1 fully saturated rings. The number of amides is 2. The van der Waals surface area contributed by atoms with Crippen molar-refractivity contribution >= 4 is 18.2 Å². The van der Waals surface area contributed by atoms with Crippen molar-refractivity contribution in [3.63, 3.8) is 0 Å². The molecule has 1 aromatic rings. The molecule has 2 heterocycles. The fourth-order valence-electron chi connectivity index (χ4n) is 3.37. The van der Waals surface area contributed by atoms with Crippen LogP contribution in [-0.4, -0.2) is 57.4 Å². The average molecular weight is 394 g/mol. The first-order valence-corrected chi connectivity index (χ1v) is 8.99. The normalized spacial score (nSPS) is 21.4. The predicted octanol–water partition coefficient (Wildman–Crippen LogP) is 2.74. The number of hydrogen-bond donors (Lipinski definition) is 1. The number of likely N-dealkylation sites (tertiary alicyclic amines) is 1. The Hall–Kier alpha value is -2.84. The van der Waals surface area contributed by atoms with Crippen LogP contribution in [-0.2, 0) is 27.4 Å². The monoisotopic (exact) mass is 394 g/mol. The molecule has 2 atom stereocenters. The van der Waals surface area contributed by atoms with E-state index in [-0.39, 0.29) is 31.9 Å². The van der Waals surface area contributed by atoms with Crippen LogP contribution in [0.3, 0.4) is 0 Å². The second-order valence-electron chi connectivity index (χ2n) is 7.96. The summed E-state index contributed by atoms with van der Waals surface area (Å²) < 4.78 is 24.5. The lowest BCUT2D eigenvalue weighted by Gasteiger charge is -2.26. The third-order valence-electron chi connectivity index (χ3n) is 4.63. The highest BCUT2D eigenvalue weighted by Crippen LogP contribution is 2.28. The molecule has 0 bridgehead atoms. The van der Waals surface area contributed by atoms with Gasteiger partial charge in [-0.3, -0.25) is 9.80 Å². The molecule has 152 valence electrons. The molecular formula is C19H23FN2O6. The fourth-order valence-corrected chi connectivity index (χ4v) is 3.37. The number of aliphatic carboxylic acids is 1. The SMILES string of the molecule is CC(C)(C)OC(=O)N1C[C@H](OC(=O)N2Cc3cccc(F)c3C2)CC1C(=O)O. The lowest BCUT2D eigenvalue weighted by atomic mass is 10.1. The Bertz CT molecular complexity index is 806. The van der Waals surface area contributed by atoms with Gasteiger partial charge >= 0.3 is 18.2 Å². The van der Waals surface area contributed by atoms with Crippen molar-refractivity contribution in [2.75, 3.05) is 6.54 Å². The summed E-state index contributed by atoms with van der Waals surface area (Å²) in [6, 6.07) is 3.52. The summed E-state index contributed by atoms with van der Waals surface area (Å²) in [6.45, 7) is 5.27. The smallest absolute Gasteiger partial charge is 0.411 e. The lowest BCUT2D eigenvalue weighted by Crippen LogP contribution is -2.43. The number of rotatable bonds is 2. The van der Waals surface area contributed by atoms with Crippen molar-refractivity contribution < 1.29 is 33.4 Å². The number of carbonyl (C=O) groups excluding carboxylic acids is 2. The highest BCUT2D eigenvalue weighted by molar-refractivity contribution is 5.81. The van der Waals surface area contributed by atoms with Gasteiger partial charge in [-0.25, -0.2) is 18.8 Å². The van der Waals surface area contributed by atoms with Gasteiger partial charge in [0.15, 0.2) is 0 Å². The van der Waals surface area contributed by atoms with Gasteiger partial charge in [0, 0.05) is 18.5 Å². The molecular weight excluding hydrogens is 371 g/mol. The zero-order valence-corrected chi connectivity index (χ0v) is 16.0. The van der Waals surface area contributed by atoms with E-state index in [1.54, 1.807) is 32.9 Å². The van der Waals surface area contributed by atoms with Crippen LogP contribution in [0.4, 0.5) is 14.0 Å².